The lowest BCUT2D eigenvalue weighted by molar-refractivity contribution is -0.140. The highest BCUT2D eigenvalue weighted by Crippen LogP contribution is 2.27. The van der Waals surface area contributed by atoms with Crippen molar-refractivity contribution in [1.82, 2.24) is 10.2 Å². The Balaban J connectivity index is 1.79. The van der Waals surface area contributed by atoms with E-state index >= 15 is 0 Å². The van der Waals surface area contributed by atoms with Crippen LogP contribution in [0.15, 0.2) is 114 Å². The molecule has 0 aromatic heterocycles. The summed E-state index contributed by atoms with van der Waals surface area (Å²) in [6, 6.07) is 30.0. The Bertz CT molecular complexity index is 1690. The van der Waals surface area contributed by atoms with E-state index in [9.17, 15) is 18.0 Å². The first kappa shape index (κ1) is 34.5. The summed E-state index contributed by atoms with van der Waals surface area (Å²) in [6.07, 6.45) is 0.917. The van der Waals surface area contributed by atoms with Gasteiger partial charge in [0.05, 0.1) is 17.2 Å². The number of carbonyl (C=O) groups is 2. The second-order valence-electron chi connectivity index (χ2n) is 10.9. The second-order valence-corrected chi connectivity index (χ2v) is 13.2. The molecule has 8 nitrogen and oxygen atoms in total. The van der Waals surface area contributed by atoms with Gasteiger partial charge in [-0.3, -0.25) is 13.9 Å². The van der Waals surface area contributed by atoms with Crippen molar-refractivity contribution in [3.8, 4) is 5.75 Å². The summed E-state index contributed by atoms with van der Waals surface area (Å²) in [7, 11) is -4.22. The summed E-state index contributed by atoms with van der Waals surface area (Å²) >= 11 is 6.56. The zero-order valence-corrected chi connectivity index (χ0v) is 27.9. The van der Waals surface area contributed by atoms with Crippen molar-refractivity contribution in [2.75, 3.05) is 17.5 Å². The van der Waals surface area contributed by atoms with Gasteiger partial charge in [0.1, 0.15) is 18.3 Å². The fraction of sp³-hybridized carbons (Fsp3) is 0.278. The van der Waals surface area contributed by atoms with Gasteiger partial charge in [0.25, 0.3) is 10.0 Å². The van der Waals surface area contributed by atoms with E-state index in [0.29, 0.717) is 35.1 Å². The lowest BCUT2D eigenvalue weighted by Gasteiger charge is -2.34. The summed E-state index contributed by atoms with van der Waals surface area (Å²) in [5, 5.41) is 3.47. The van der Waals surface area contributed by atoms with Crippen molar-refractivity contribution < 1.29 is 22.7 Å². The van der Waals surface area contributed by atoms with Gasteiger partial charge in [0.2, 0.25) is 11.8 Å². The van der Waals surface area contributed by atoms with Crippen LogP contribution in [-0.4, -0.2) is 50.4 Å². The van der Waals surface area contributed by atoms with Gasteiger partial charge in [-0.05, 0) is 73.9 Å². The van der Waals surface area contributed by atoms with Gasteiger partial charge in [-0.15, -0.1) is 0 Å². The third kappa shape index (κ3) is 8.89. The van der Waals surface area contributed by atoms with Crippen molar-refractivity contribution in [3.63, 3.8) is 0 Å². The molecule has 0 saturated carbocycles. The number of benzene rings is 4. The van der Waals surface area contributed by atoms with E-state index in [-0.39, 0.29) is 29.8 Å². The van der Waals surface area contributed by atoms with Crippen molar-refractivity contribution in [2.45, 2.75) is 57.1 Å². The molecule has 2 atom stereocenters. The number of hydrogen-bond donors (Lipinski definition) is 1. The highest BCUT2D eigenvalue weighted by atomic mass is 35.5. The molecule has 1 N–H and O–H groups in total. The number of rotatable bonds is 15. The van der Waals surface area contributed by atoms with E-state index in [1.807, 2.05) is 57.2 Å². The Labute approximate surface area is 277 Å². The zero-order chi connectivity index (χ0) is 33.1. The van der Waals surface area contributed by atoms with Gasteiger partial charge in [-0.25, -0.2) is 8.42 Å². The molecule has 4 aromatic carbocycles. The largest absolute Gasteiger partial charge is 0.494 e. The quantitative estimate of drug-likeness (QED) is 0.157. The molecule has 4 rings (SSSR count). The van der Waals surface area contributed by atoms with Crippen LogP contribution in [0.5, 0.6) is 5.75 Å². The molecule has 0 heterocycles. The predicted octanol–water partition coefficient (Wildman–Crippen LogP) is 6.49. The van der Waals surface area contributed by atoms with Gasteiger partial charge < -0.3 is 15.0 Å². The molecule has 0 fully saturated rings. The molecule has 0 aliphatic rings. The Kier molecular flexibility index (Phi) is 12.2. The van der Waals surface area contributed by atoms with Crippen LogP contribution < -0.4 is 14.4 Å². The van der Waals surface area contributed by atoms with Crippen molar-refractivity contribution >= 4 is 39.1 Å². The Morgan fingerprint density at radius 2 is 1.46 bits per heavy atom. The van der Waals surface area contributed by atoms with Crippen molar-refractivity contribution in [2.24, 2.45) is 0 Å². The summed E-state index contributed by atoms with van der Waals surface area (Å²) in [5.41, 5.74) is 1.80. The first-order chi connectivity index (χ1) is 22.1. The number of para-hydroxylation sites is 1. The number of nitrogens with one attached hydrogen (secondary N) is 1. The monoisotopic (exact) mass is 661 g/mol. The first-order valence-corrected chi connectivity index (χ1v) is 17.1. The summed E-state index contributed by atoms with van der Waals surface area (Å²) < 4.78 is 34.9. The Morgan fingerprint density at radius 3 is 2.07 bits per heavy atom. The van der Waals surface area contributed by atoms with Crippen LogP contribution in [0.4, 0.5) is 5.69 Å². The van der Waals surface area contributed by atoms with Crippen LogP contribution in [-0.2, 0) is 32.6 Å². The molecule has 242 valence electrons. The standard InChI is InChI=1S/C36H40ClN3O5S/c1-4-27(3)38-36(42)34(24-28-14-8-6-9-15-28)39(25-29-16-12-13-19-33(29)37)35(41)26-40(30-17-10-7-11-18-30)46(43,44)32-22-20-31(21-23-32)45-5-2/h6-23,27,34H,4-5,24-26H2,1-3H3,(H,38,42)/t27-,34+/m0/s1. The minimum atomic E-state index is -4.22. The van der Waals surface area contributed by atoms with Crippen molar-refractivity contribution in [1.29, 1.82) is 0 Å². The average molecular weight is 662 g/mol. The second kappa shape index (κ2) is 16.3. The molecule has 0 radical (unpaired) electrons. The number of halogens is 1. The first-order valence-electron chi connectivity index (χ1n) is 15.3. The molecule has 0 saturated heterocycles. The maximum atomic E-state index is 14.5. The number of ether oxygens (including phenoxy) is 1. The summed E-state index contributed by atoms with van der Waals surface area (Å²) in [5.74, 6) is -0.358. The van der Waals surface area contributed by atoms with Crippen LogP contribution in [0, 0.1) is 0 Å². The predicted molar refractivity (Wildman–Crippen MR) is 182 cm³/mol. The normalized spacial score (nSPS) is 12.5. The minimum absolute atomic E-state index is 0.000564. The van der Waals surface area contributed by atoms with Crippen molar-refractivity contribution in [3.05, 3.63) is 125 Å². The fourth-order valence-corrected chi connectivity index (χ4v) is 6.54. The van der Waals surface area contributed by atoms with E-state index < -0.39 is 28.5 Å². The number of carbonyl (C=O) groups excluding carboxylic acids is 2. The van der Waals surface area contributed by atoms with Crippen LogP contribution in [0.25, 0.3) is 0 Å². The topological polar surface area (TPSA) is 96.0 Å². The highest BCUT2D eigenvalue weighted by Gasteiger charge is 2.35. The van der Waals surface area contributed by atoms with Gasteiger partial charge >= 0.3 is 0 Å². The van der Waals surface area contributed by atoms with E-state index in [0.717, 1.165) is 9.87 Å². The Hall–Kier alpha value is -4.34. The SMILES string of the molecule is CCOc1ccc(S(=O)(=O)N(CC(=O)N(Cc2ccccc2Cl)[C@H](Cc2ccccc2)C(=O)N[C@@H](C)CC)c2ccccc2)cc1. The molecule has 2 amide bonds. The molecule has 4 aromatic rings. The fourth-order valence-electron chi connectivity index (χ4n) is 4.93. The van der Waals surface area contributed by atoms with Gasteiger partial charge in [-0.1, -0.05) is 85.3 Å². The number of nitrogens with zero attached hydrogens (tertiary/aromatic N) is 2. The van der Waals surface area contributed by atoms with E-state index in [4.69, 9.17) is 16.3 Å². The minimum Gasteiger partial charge on any atom is -0.494 e. The molecule has 0 unspecified atom stereocenters. The van der Waals surface area contributed by atoms with Gasteiger partial charge in [0.15, 0.2) is 0 Å². The van der Waals surface area contributed by atoms with E-state index in [1.54, 1.807) is 60.7 Å². The molecule has 0 bridgehead atoms. The summed E-state index contributed by atoms with van der Waals surface area (Å²) in [6.45, 7) is 5.59. The molecular formula is C36H40ClN3O5S. The number of anilines is 1. The van der Waals surface area contributed by atoms with Crippen LogP contribution in [0.2, 0.25) is 5.02 Å². The molecule has 46 heavy (non-hydrogen) atoms. The molecule has 0 aliphatic carbocycles. The molecule has 10 heteroatoms. The molecule has 0 spiro atoms. The van der Waals surface area contributed by atoms with Crippen LogP contribution >= 0.6 is 11.6 Å². The molecule has 0 aliphatic heterocycles. The number of amides is 2. The zero-order valence-electron chi connectivity index (χ0n) is 26.3. The van der Waals surface area contributed by atoms with E-state index in [1.165, 1.54) is 17.0 Å². The van der Waals surface area contributed by atoms with Gasteiger partial charge in [0, 0.05) is 24.0 Å². The van der Waals surface area contributed by atoms with Crippen LogP contribution in [0.3, 0.4) is 0 Å². The van der Waals surface area contributed by atoms with Crippen LogP contribution in [0.1, 0.15) is 38.3 Å². The number of sulfonamides is 1. The summed E-state index contributed by atoms with van der Waals surface area (Å²) in [4.78, 5) is 29.9. The lowest BCUT2D eigenvalue weighted by atomic mass is 10.0. The molecular weight excluding hydrogens is 622 g/mol. The Morgan fingerprint density at radius 1 is 0.848 bits per heavy atom. The maximum Gasteiger partial charge on any atom is 0.264 e. The van der Waals surface area contributed by atoms with Gasteiger partial charge in [-0.2, -0.15) is 0 Å². The number of hydrogen-bond acceptors (Lipinski definition) is 5. The third-order valence-corrected chi connectivity index (χ3v) is 9.77. The smallest absolute Gasteiger partial charge is 0.264 e. The third-order valence-electron chi connectivity index (χ3n) is 7.62. The van der Waals surface area contributed by atoms with E-state index in [2.05, 4.69) is 5.32 Å². The highest BCUT2D eigenvalue weighted by molar-refractivity contribution is 7.92. The average Bonchev–Trinajstić information content (AvgIpc) is 3.07. The lowest BCUT2D eigenvalue weighted by Crippen LogP contribution is -2.54. The maximum absolute atomic E-state index is 14.5.